The smallest absolute Gasteiger partial charge is 0.265 e. The van der Waals surface area contributed by atoms with Gasteiger partial charge in [0, 0.05) is 16.3 Å². The van der Waals surface area contributed by atoms with Crippen molar-refractivity contribution in [2.75, 3.05) is 11.1 Å². The third-order valence-corrected chi connectivity index (χ3v) is 5.00. The number of rotatable bonds is 2. The van der Waals surface area contributed by atoms with Crippen LogP contribution in [0.5, 0.6) is 0 Å². The van der Waals surface area contributed by atoms with Gasteiger partial charge in [-0.3, -0.25) is 4.79 Å². The van der Waals surface area contributed by atoms with E-state index in [0.29, 0.717) is 0 Å². The topological polar surface area (TPSA) is 55.1 Å². The molecule has 1 heterocycles. The van der Waals surface area contributed by atoms with Gasteiger partial charge < -0.3 is 11.1 Å². The number of benzene rings is 1. The van der Waals surface area contributed by atoms with Crippen LogP contribution in [-0.4, -0.2) is 5.91 Å². The van der Waals surface area contributed by atoms with Crippen molar-refractivity contribution in [3.63, 3.8) is 0 Å². The highest BCUT2D eigenvalue weighted by Gasteiger charge is 2.19. The van der Waals surface area contributed by atoms with E-state index in [4.69, 9.17) is 5.73 Å². The minimum Gasteiger partial charge on any atom is -0.399 e. The molecule has 0 aliphatic heterocycles. The van der Waals surface area contributed by atoms with Crippen molar-refractivity contribution in [1.82, 2.24) is 0 Å². The molecule has 0 radical (unpaired) electrons. The Bertz CT molecular complexity index is 643. The van der Waals surface area contributed by atoms with Crippen molar-refractivity contribution in [1.29, 1.82) is 0 Å². The maximum Gasteiger partial charge on any atom is 0.265 e. The minimum atomic E-state index is -0.0135. The molecule has 1 aliphatic carbocycles. The van der Waals surface area contributed by atoms with E-state index >= 15 is 0 Å². The van der Waals surface area contributed by atoms with Gasteiger partial charge in [-0.1, -0.05) is 0 Å². The van der Waals surface area contributed by atoms with Crippen LogP contribution in [0.1, 0.15) is 37.7 Å². The molecule has 0 saturated carbocycles. The summed E-state index contributed by atoms with van der Waals surface area (Å²) in [5, 5.41) is 3.03. The van der Waals surface area contributed by atoms with Crippen LogP contribution in [0.25, 0.3) is 0 Å². The summed E-state index contributed by atoms with van der Waals surface area (Å²) in [6.45, 7) is 3.93. The zero-order chi connectivity index (χ0) is 14.3. The molecule has 0 bridgehead atoms. The van der Waals surface area contributed by atoms with E-state index < -0.39 is 0 Å². The Hall–Kier alpha value is -1.81. The van der Waals surface area contributed by atoms with Crippen LogP contribution in [0.4, 0.5) is 11.4 Å². The molecule has 1 aromatic heterocycles. The lowest BCUT2D eigenvalue weighted by Crippen LogP contribution is -2.12. The lowest BCUT2D eigenvalue weighted by atomic mass is 10.1. The average molecular weight is 286 g/mol. The van der Waals surface area contributed by atoms with Crippen LogP contribution in [0.2, 0.25) is 0 Å². The SMILES string of the molecule is Cc1cc(N)cc(C)c1NC(=O)c1cc2c(s1)CCC2. The van der Waals surface area contributed by atoms with Crippen LogP contribution in [-0.2, 0) is 12.8 Å². The number of carbonyl (C=O) groups is 1. The normalized spacial score (nSPS) is 13.3. The molecule has 3 nitrogen and oxygen atoms in total. The van der Waals surface area contributed by atoms with Gasteiger partial charge >= 0.3 is 0 Å². The van der Waals surface area contributed by atoms with Crippen LogP contribution < -0.4 is 11.1 Å². The van der Waals surface area contributed by atoms with Crippen molar-refractivity contribution < 1.29 is 4.79 Å². The van der Waals surface area contributed by atoms with Gasteiger partial charge in [0.25, 0.3) is 5.91 Å². The summed E-state index contributed by atoms with van der Waals surface area (Å²) < 4.78 is 0. The number of aryl methyl sites for hydroxylation is 4. The zero-order valence-corrected chi connectivity index (χ0v) is 12.6. The lowest BCUT2D eigenvalue weighted by Gasteiger charge is -2.12. The summed E-state index contributed by atoms with van der Waals surface area (Å²) in [6, 6.07) is 5.82. The maximum atomic E-state index is 12.4. The number of thiophene rings is 1. The fourth-order valence-corrected chi connectivity index (χ4v) is 3.96. The van der Waals surface area contributed by atoms with Crippen molar-refractivity contribution >= 4 is 28.6 Å². The van der Waals surface area contributed by atoms with Crippen molar-refractivity contribution in [2.24, 2.45) is 0 Å². The molecule has 0 unspecified atom stereocenters. The summed E-state index contributed by atoms with van der Waals surface area (Å²) in [4.78, 5) is 14.6. The van der Waals surface area contributed by atoms with E-state index in [1.807, 2.05) is 32.0 Å². The standard InChI is InChI=1S/C16H18N2OS/c1-9-6-12(17)7-10(2)15(9)18-16(19)14-8-11-4-3-5-13(11)20-14/h6-8H,3-5,17H2,1-2H3,(H,18,19). The number of carbonyl (C=O) groups excluding carboxylic acids is 1. The lowest BCUT2D eigenvalue weighted by molar-refractivity contribution is 0.103. The van der Waals surface area contributed by atoms with Crippen LogP contribution in [0.3, 0.4) is 0 Å². The van der Waals surface area contributed by atoms with Crippen LogP contribution in [0.15, 0.2) is 18.2 Å². The van der Waals surface area contributed by atoms with E-state index in [9.17, 15) is 4.79 Å². The van der Waals surface area contributed by atoms with Gasteiger partial charge in [-0.25, -0.2) is 0 Å². The first-order valence-electron chi connectivity index (χ1n) is 6.84. The summed E-state index contributed by atoms with van der Waals surface area (Å²) in [5.41, 5.74) is 10.8. The van der Waals surface area contributed by atoms with Gasteiger partial charge in [0.15, 0.2) is 0 Å². The first-order chi connectivity index (χ1) is 9.54. The van der Waals surface area contributed by atoms with Crippen molar-refractivity contribution in [3.05, 3.63) is 44.6 Å². The highest BCUT2D eigenvalue weighted by Crippen LogP contribution is 2.31. The van der Waals surface area contributed by atoms with Gasteiger partial charge in [-0.15, -0.1) is 11.3 Å². The van der Waals surface area contributed by atoms with E-state index in [2.05, 4.69) is 5.32 Å². The molecule has 2 aromatic rings. The molecular weight excluding hydrogens is 268 g/mol. The van der Waals surface area contributed by atoms with Crippen LogP contribution >= 0.6 is 11.3 Å². The molecule has 0 atom stereocenters. The minimum absolute atomic E-state index is 0.0135. The summed E-state index contributed by atoms with van der Waals surface area (Å²) in [7, 11) is 0. The Morgan fingerprint density at radius 2 is 1.90 bits per heavy atom. The van der Waals surface area contributed by atoms with Gasteiger partial charge in [-0.2, -0.15) is 0 Å². The largest absolute Gasteiger partial charge is 0.399 e. The molecule has 3 N–H and O–H groups in total. The molecule has 4 heteroatoms. The number of amides is 1. The van der Waals surface area contributed by atoms with Crippen LogP contribution in [0, 0.1) is 13.8 Å². The molecule has 1 amide bonds. The third-order valence-electron chi connectivity index (χ3n) is 3.76. The Morgan fingerprint density at radius 1 is 1.20 bits per heavy atom. The predicted octanol–water partition coefficient (Wildman–Crippen LogP) is 3.69. The fraction of sp³-hybridized carbons (Fsp3) is 0.312. The second-order valence-corrected chi connectivity index (χ2v) is 6.53. The van der Waals surface area contributed by atoms with E-state index in [-0.39, 0.29) is 5.91 Å². The summed E-state index contributed by atoms with van der Waals surface area (Å²) >= 11 is 1.63. The molecule has 1 aliphatic rings. The van der Waals surface area contributed by atoms with E-state index in [1.54, 1.807) is 11.3 Å². The third kappa shape index (κ3) is 2.31. The fourth-order valence-electron chi connectivity index (χ4n) is 2.81. The summed E-state index contributed by atoms with van der Waals surface area (Å²) in [5.74, 6) is -0.0135. The van der Waals surface area contributed by atoms with E-state index in [1.165, 1.54) is 16.9 Å². The number of hydrogen-bond acceptors (Lipinski definition) is 3. The molecular formula is C16H18N2OS. The number of nitrogens with two attached hydrogens (primary N) is 1. The molecule has 1 aromatic carbocycles. The molecule has 0 spiro atoms. The van der Waals surface area contributed by atoms with Gasteiger partial charge in [0.05, 0.1) is 4.88 Å². The molecule has 20 heavy (non-hydrogen) atoms. The number of nitrogens with one attached hydrogen (secondary N) is 1. The monoisotopic (exact) mass is 286 g/mol. The van der Waals surface area contributed by atoms with Gasteiger partial charge in [0.1, 0.15) is 0 Å². The molecule has 104 valence electrons. The number of fused-ring (bicyclic) bond motifs is 1. The van der Waals surface area contributed by atoms with Gasteiger partial charge in [0.2, 0.25) is 0 Å². The Morgan fingerprint density at radius 3 is 2.55 bits per heavy atom. The highest BCUT2D eigenvalue weighted by molar-refractivity contribution is 7.14. The zero-order valence-electron chi connectivity index (χ0n) is 11.7. The Kier molecular flexibility index (Phi) is 3.26. The summed E-state index contributed by atoms with van der Waals surface area (Å²) in [6.07, 6.45) is 3.45. The molecule has 0 saturated heterocycles. The first kappa shape index (κ1) is 13.2. The van der Waals surface area contributed by atoms with Gasteiger partial charge in [-0.05, 0) is 68.0 Å². The quantitative estimate of drug-likeness (QED) is 0.827. The van der Waals surface area contributed by atoms with Crippen molar-refractivity contribution in [2.45, 2.75) is 33.1 Å². The second-order valence-electron chi connectivity index (χ2n) is 5.40. The Labute approximate surface area is 122 Å². The second kappa shape index (κ2) is 4.94. The maximum absolute atomic E-state index is 12.4. The number of nitrogen functional groups attached to an aromatic ring is 1. The molecule has 3 rings (SSSR count). The average Bonchev–Trinajstić information content (AvgIpc) is 2.93. The van der Waals surface area contributed by atoms with Crippen molar-refractivity contribution in [3.8, 4) is 0 Å². The van der Waals surface area contributed by atoms with E-state index in [0.717, 1.165) is 40.2 Å². The predicted molar refractivity (Wildman–Crippen MR) is 84.6 cm³/mol. The first-order valence-corrected chi connectivity index (χ1v) is 7.66. The molecule has 0 fully saturated rings. The number of hydrogen-bond donors (Lipinski definition) is 2. The Balaban J connectivity index is 1.85. The number of anilines is 2. The highest BCUT2D eigenvalue weighted by atomic mass is 32.1.